The predicted molar refractivity (Wildman–Crippen MR) is 86.3 cm³/mol. The van der Waals surface area contributed by atoms with Gasteiger partial charge < -0.3 is 14.6 Å². The Kier molecular flexibility index (Phi) is 5.24. The number of hydrogen-bond acceptors (Lipinski definition) is 4. The molecule has 6 heteroatoms. The van der Waals surface area contributed by atoms with E-state index in [1.165, 1.54) is 12.8 Å². The fraction of sp³-hybridized carbons (Fsp3) is 0.471. The third-order valence-corrected chi connectivity index (χ3v) is 4.02. The quantitative estimate of drug-likeness (QED) is 0.797. The molecule has 1 fully saturated rings. The van der Waals surface area contributed by atoms with Crippen LogP contribution in [-0.2, 0) is 6.54 Å². The zero-order chi connectivity index (χ0) is 15.9. The number of aryl methyl sites for hydroxylation is 1. The minimum atomic E-state index is -0.0886. The molecule has 0 atom stereocenters. The summed E-state index contributed by atoms with van der Waals surface area (Å²) in [5.41, 5.74) is 0.593. The van der Waals surface area contributed by atoms with Crippen molar-refractivity contribution in [3.05, 3.63) is 42.6 Å². The van der Waals surface area contributed by atoms with Gasteiger partial charge in [0.1, 0.15) is 6.10 Å². The molecule has 0 aromatic carbocycles. The van der Waals surface area contributed by atoms with Gasteiger partial charge in [0, 0.05) is 43.3 Å². The van der Waals surface area contributed by atoms with Gasteiger partial charge in [-0.15, -0.1) is 0 Å². The Morgan fingerprint density at radius 3 is 3.00 bits per heavy atom. The molecule has 0 unspecified atom stereocenters. The van der Waals surface area contributed by atoms with Gasteiger partial charge in [0.25, 0.3) is 5.91 Å². The Bertz CT molecular complexity index is 621. The first-order chi connectivity index (χ1) is 11.3. The fourth-order valence-corrected chi connectivity index (χ4v) is 2.78. The van der Waals surface area contributed by atoms with Crippen LogP contribution in [0.5, 0.6) is 5.88 Å². The molecule has 0 saturated heterocycles. The van der Waals surface area contributed by atoms with Crippen LogP contribution in [0.3, 0.4) is 0 Å². The average Bonchev–Trinajstić information content (AvgIpc) is 3.25. The van der Waals surface area contributed by atoms with Crippen LogP contribution in [0.25, 0.3) is 0 Å². The Morgan fingerprint density at radius 2 is 2.22 bits per heavy atom. The van der Waals surface area contributed by atoms with E-state index in [9.17, 15) is 4.79 Å². The second-order valence-corrected chi connectivity index (χ2v) is 5.82. The maximum absolute atomic E-state index is 12.2. The number of carbonyl (C=O) groups excluding carboxylic acids is 1. The van der Waals surface area contributed by atoms with Gasteiger partial charge in [-0.3, -0.25) is 4.79 Å². The summed E-state index contributed by atoms with van der Waals surface area (Å²) in [6, 6.07) is 3.44. The van der Waals surface area contributed by atoms with Crippen molar-refractivity contribution in [1.82, 2.24) is 19.9 Å². The number of nitrogens with one attached hydrogen (secondary N) is 1. The molecule has 0 spiro atoms. The first-order valence-electron chi connectivity index (χ1n) is 8.18. The minimum Gasteiger partial charge on any atom is -0.474 e. The van der Waals surface area contributed by atoms with Crippen LogP contribution in [0, 0.1) is 0 Å². The summed E-state index contributed by atoms with van der Waals surface area (Å²) in [4.78, 5) is 20.4. The Labute approximate surface area is 135 Å². The zero-order valence-corrected chi connectivity index (χ0v) is 13.1. The molecule has 1 N–H and O–H groups in total. The van der Waals surface area contributed by atoms with E-state index in [-0.39, 0.29) is 12.0 Å². The summed E-state index contributed by atoms with van der Waals surface area (Å²) in [5.74, 6) is 0.456. The first kappa shape index (κ1) is 15.5. The highest BCUT2D eigenvalue weighted by molar-refractivity contribution is 5.94. The van der Waals surface area contributed by atoms with Crippen LogP contribution in [-0.4, -0.2) is 33.1 Å². The molecule has 0 radical (unpaired) electrons. The van der Waals surface area contributed by atoms with E-state index in [1.807, 2.05) is 10.8 Å². The molecule has 1 amide bonds. The number of imidazole rings is 1. The van der Waals surface area contributed by atoms with Gasteiger partial charge >= 0.3 is 0 Å². The number of pyridine rings is 1. The standard InChI is InChI=1S/C17H22N4O2/c22-17(20-7-3-10-21-11-9-18-13-21)14-6-8-19-16(12-14)23-15-4-1-2-5-15/h6,8-9,11-13,15H,1-5,7,10H2,(H,20,22). The van der Waals surface area contributed by atoms with Gasteiger partial charge in [0.05, 0.1) is 6.33 Å². The number of rotatable bonds is 7. The van der Waals surface area contributed by atoms with Gasteiger partial charge in [-0.1, -0.05) is 0 Å². The van der Waals surface area contributed by atoms with Crippen molar-refractivity contribution >= 4 is 5.91 Å². The van der Waals surface area contributed by atoms with E-state index < -0.39 is 0 Å². The van der Waals surface area contributed by atoms with E-state index >= 15 is 0 Å². The SMILES string of the molecule is O=C(NCCCn1ccnc1)c1ccnc(OC2CCCC2)c1. The van der Waals surface area contributed by atoms with E-state index in [1.54, 1.807) is 30.9 Å². The summed E-state index contributed by atoms with van der Waals surface area (Å²) >= 11 is 0. The van der Waals surface area contributed by atoms with Crippen LogP contribution in [0.1, 0.15) is 42.5 Å². The summed E-state index contributed by atoms with van der Waals surface area (Å²) in [6.45, 7) is 1.46. The third-order valence-electron chi connectivity index (χ3n) is 4.02. The third kappa shape index (κ3) is 4.55. The number of amides is 1. The maximum atomic E-state index is 12.2. The normalized spacial score (nSPS) is 14.8. The van der Waals surface area contributed by atoms with Gasteiger partial charge in [-0.25, -0.2) is 9.97 Å². The molecule has 2 heterocycles. The number of nitrogens with zero attached hydrogens (tertiary/aromatic N) is 3. The molecule has 3 rings (SSSR count). The smallest absolute Gasteiger partial charge is 0.251 e. The van der Waals surface area contributed by atoms with Crippen LogP contribution in [0.4, 0.5) is 0 Å². The molecule has 1 aliphatic rings. The highest BCUT2D eigenvalue weighted by atomic mass is 16.5. The Morgan fingerprint density at radius 1 is 1.35 bits per heavy atom. The van der Waals surface area contributed by atoms with Crippen LogP contribution >= 0.6 is 0 Å². The number of ether oxygens (including phenoxy) is 1. The van der Waals surface area contributed by atoms with Crippen molar-refractivity contribution < 1.29 is 9.53 Å². The first-order valence-corrected chi connectivity index (χ1v) is 8.18. The van der Waals surface area contributed by atoms with Crippen molar-refractivity contribution in [3.8, 4) is 5.88 Å². The lowest BCUT2D eigenvalue weighted by Gasteiger charge is -2.12. The van der Waals surface area contributed by atoms with Crippen LogP contribution in [0.2, 0.25) is 0 Å². The van der Waals surface area contributed by atoms with Gasteiger partial charge in [0.2, 0.25) is 5.88 Å². The Balaban J connectivity index is 1.46. The monoisotopic (exact) mass is 314 g/mol. The van der Waals surface area contributed by atoms with Gasteiger partial charge in [-0.05, 0) is 38.2 Å². The van der Waals surface area contributed by atoms with E-state index in [0.717, 1.165) is 25.8 Å². The second kappa shape index (κ2) is 7.76. The molecule has 2 aromatic rings. The van der Waals surface area contributed by atoms with E-state index in [0.29, 0.717) is 18.0 Å². The van der Waals surface area contributed by atoms with Crippen molar-refractivity contribution in [2.45, 2.75) is 44.8 Å². The fourth-order valence-electron chi connectivity index (χ4n) is 2.78. The molecule has 1 aliphatic carbocycles. The number of hydrogen-bond donors (Lipinski definition) is 1. The van der Waals surface area contributed by atoms with Crippen molar-refractivity contribution in [2.24, 2.45) is 0 Å². The highest BCUT2D eigenvalue weighted by Gasteiger charge is 2.17. The molecule has 6 nitrogen and oxygen atoms in total. The average molecular weight is 314 g/mol. The second-order valence-electron chi connectivity index (χ2n) is 5.82. The number of carbonyl (C=O) groups is 1. The topological polar surface area (TPSA) is 69.0 Å². The van der Waals surface area contributed by atoms with Crippen molar-refractivity contribution in [3.63, 3.8) is 0 Å². The lowest BCUT2D eigenvalue weighted by Crippen LogP contribution is -2.25. The maximum Gasteiger partial charge on any atom is 0.251 e. The van der Waals surface area contributed by atoms with Crippen LogP contribution < -0.4 is 10.1 Å². The molecule has 1 saturated carbocycles. The van der Waals surface area contributed by atoms with Crippen molar-refractivity contribution in [2.75, 3.05) is 6.54 Å². The molecule has 23 heavy (non-hydrogen) atoms. The number of aromatic nitrogens is 3. The molecular formula is C17H22N4O2. The van der Waals surface area contributed by atoms with Crippen molar-refractivity contribution in [1.29, 1.82) is 0 Å². The lowest BCUT2D eigenvalue weighted by atomic mass is 10.2. The van der Waals surface area contributed by atoms with Crippen LogP contribution in [0.15, 0.2) is 37.1 Å². The molecule has 0 aliphatic heterocycles. The van der Waals surface area contributed by atoms with E-state index in [2.05, 4.69) is 15.3 Å². The van der Waals surface area contributed by atoms with Gasteiger partial charge in [-0.2, -0.15) is 0 Å². The minimum absolute atomic E-state index is 0.0886. The molecule has 2 aromatic heterocycles. The summed E-state index contributed by atoms with van der Waals surface area (Å²) in [5, 5.41) is 2.93. The highest BCUT2D eigenvalue weighted by Crippen LogP contribution is 2.23. The lowest BCUT2D eigenvalue weighted by molar-refractivity contribution is 0.0951. The summed E-state index contributed by atoms with van der Waals surface area (Å²) in [6.07, 6.45) is 12.7. The Hall–Kier alpha value is -2.37. The largest absolute Gasteiger partial charge is 0.474 e. The predicted octanol–water partition coefficient (Wildman–Crippen LogP) is 2.42. The summed E-state index contributed by atoms with van der Waals surface area (Å²) < 4.78 is 7.83. The summed E-state index contributed by atoms with van der Waals surface area (Å²) in [7, 11) is 0. The molecular weight excluding hydrogens is 292 g/mol. The van der Waals surface area contributed by atoms with E-state index in [4.69, 9.17) is 4.74 Å². The van der Waals surface area contributed by atoms with Gasteiger partial charge in [0.15, 0.2) is 0 Å². The molecule has 122 valence electrons. The zero-order valence-electron chi connectivity index (χ0n) is 13.1. The molecule has 0 bridgehead atoms.